The van der Waals surface area contributed by atoms with E-state index < -0.39 is 0 Å². The van der Waals surface area contributed by atoms with Gasteiger partial charge in [-0.05, 0) is 31.7 Å². The molecular formula is C10H21NO2. The van der Waals surface area contributed by atoms with Crippen molar-refractivity contribution in [3.8, 4) is 0 Å². The highest BCUT2D eigenvalue weighted by molar-refractivity contribution is 4.74. The van der Waals surface area contributed by atoms with Crippen LogP contribution in [0.3, 0.4) is 0 Å². The number of hydrogen-bond acceptors (Lipinski definition) is 3. The number of nitrogens with one attached hydrogen (secondary N) is 1. The molecule has 3 nitrogen and oxygen atoms in total. The first-order chi connectivity index (χ1) is 6.43. The normalized spacial score (nSPS) is 16.4. The fraction of sp³-hybridized carbons (Fsp3) is 1.00. The highest BCUT2D eigenvalue weighted by atomic mass is 16.5. The maximum atomic E-state index is 5.40. The molecule has 0 bridgehead atoms. The van der Waals surface area contributed by atoms with E-state index in [2.05, 4.69) is 5.32 Å². The van der Waals surface area contributed by atoms with Crippen molar-refractivity contribution < 1.29 is 9.47 Å². The molecule has 1 aliphatic carbocycles. The van der Waals surface area contributed by atoms with Crippen molar-refractivity contribution in [2.45, 2.75) is 19.3 Å². The maximum Gasteiger partial charge on any atom is 0.0590 e. The summed E-state index contributed by atoms with van der Waals surface area (Å²) in [5.74, 6) is 0.966. The van der Waals surface area contributed by atoms with Crippen molar-refractivity contribution in [3.05, 3.63) is 0 Å². The summed E-state index contributed by atoms with van der Waals surface area (Å²) in [5, 5.41) is 3.38. The topological polar surface area (TPSA) is 30.5 Å². The minimum absolute atomic E-state index is 0.801. The molecule has 0 aromatic carbocycles. The van der Waals surface area contributed by atoms with Gasteiger partial charge < -0.3 is 14.8 Å². The lowest BCUT2D eigenvalue weighted by atomic mass is 10.4. The Hall–Kier alpha value is -0.120. The van der Waals surface area contributed by atoms with E-state index >= 15 is 0 Å². The quantitative estimate of drug-likeness (QED) is 0.547. The molecule has 3 heteroatoms. The Balaban J connectivity index is 1.63. The molecular weight excluding hydrogens is 166 g/mol. The van der Waals surface area contributed by atoms with E-state index in [4.69, 9.17) is 9.47 Å². The van der Waals surface area contributed by atoms with Gasteiger partial charge in [-0.25, -0.2) is 0 Å². The predicted octanol–water partition coefficient (Wildman–Crippen LogP) is 1.04. The molecule has 0 saturated heterocycles. The van der Waals surface area contributed by atoms with Crippen molar-refractivity contribution >= 4 is 0 Å². The lowest BCUT2D eigenvalue weighted by Gasteiger charge is -2.04. The third-order valence-electron chi connectivity index (χ3n) is 2.19. The minimum Gasteiger partial charge on any atom is -0.385 e. The Morgan fingerprint density at radius 1 is 1.23 bits per heavy atom. The summed E-state index contributed by atoms with van der Waals surface area (Å²) in [7, 11) is 1.72. The van der Waals surface area contributed by atoms with Crippen LogP contribution in [0.5, 0.6) is 0 Å². The fourth-order valence-electron chi connectivity index (χ4n) is 1.18. The second-order valence-corrected chi connectivity index (χ2v) is 3.61. The molecule has 0 atom stereocenters. The number of methoxy groups -OCH3 is 1. The lowest BCUT2D eigenvalue weighted by Crippen LogP contribution is -2.22. The fourth-order valence-corrected chi connectivity index (χ4v) is 1.18. The average Bonchev–Trinajstić information content (AvgIpc) is 2.93. The third kappa shape index (κ3) is 6.99. The summed E-state index contributed by atoms with van der Waals surface area (Å²) in [6.45, 7) is 4.62. The van der Waals surface area contributed by atoms with Gasteiger partial charge in [-0.15, -0.1) is 0 Å². The zero-order valence-electron chi connectivity index (χ0n) is 8.55. The molecule has 1 N–H and O–H groups in total. The molecule has 0 radical (unpaired) electrons. The molecule has 1 rings (SSSR count). The molecule has 0 heterocycles. The Morgan fingerprint density at radius 2 is 2.08 bits per heavy atom. The van der Waals surface area contributed by atoms with Gasteiger partial charge in [0.2, 0.25) is 0 Å². The molecule has 1 aliphatic rings. The Morgan fingerprint density at radius 3 is 2.77 bits per heavy atom. The van der Waals surface area contributed by atoms with Crippen molar-refractivity contribution in [2.24, 2.45) is 5.92 Å². The number of rotatable bonds is 9. The van der Waals surface area contributed by atoms with Gasteiger partial charge in [-0.3, -0.25) is 0 Å². The SMILES string of the molecule is COCCCOCCNCC1CC1. The second-order valence-electron chi connectivity index (χ2n) is 3.61. The summed E-state index contributed by atoms with van der Waals surface area (Å²) < 4.78 is 10.3. The van der Waals surface area contributed by atoms with E-state index in [9.17, 15) is 0 Å². The van der Waals surface area contributed by atoms with Gasteiger partial charge in [-0.1, -0.05) is 0 Å². The van der Waals surface area contributed by atoms with Crippen LogP contribution in [-0.2, 0) is 9.47 Å². The van der Waals surface area contributed by atoms with E-state index in [0.717, 1.165) is 38.7 Å². The summed E-state index contributed by atoms with van der Waals surface area (Å²) in [4.78, 5) is 0. The van der Waals surface area contributed by atoms with E-state index in [1.54, 1.807) is 7.11 Å². The molecule has 0 aliphatic heterocycles. The molecule has 0 aromatic heterocycles. The van der Waals surface area contributed by atoms with Gasteiger partial charge in [0.05, 0.1) is 6.61 Å². The monoisotopic (exact) mass is 187 g/mol. The minimum atomic E-state index is 0.801. The van der Waals surface area contributed by atoms with Gasteiger partial charge in [0.1, 0.15) is 0 Å². The summed E-state index contributed by atoms with van der Waals surface area (Å²) in [6, 6.07) is 0. The maximum absolute atomic E-state index is 5.40. The zero-order chi connectivity index (χ0) is 9.36. The van der Waals surface area contributed by atoms with Crippen molar-refractivity contribution in [2.75, 3.05) is 40.0 Å². The van der Waals surface area contributed by atoms with Crippen LogP contribution in [0.15, 0.2) is 0 Å². The van der Waals surface area contributed by atoms with Crippen molar-refractivity contribution in [1.82, 2.24) is 5.32 Å². The highest BCUT2D eigenvalue weighted by Crippen LogP contribution is 2.27. The first-order valence-corrected chi connectivity index (χ1v) is 5.21. The molecule has 0 aromatic rings. The number of ether oxygens (including phenoxy) is 2. The third-order valence-corrected chi connectivity index (χ3v) is 2.19. The summed E-state index contributed by atoms with van der Waals surface area (Å²) in [6.07, 6.45) is 3.84. The van der Waals surface area contributed by atoms with Gasteiger partial charge in [-0.2, -0.15) is 0 Å². The van der Waals surface area contributed by atoms with Gasteiger partial charge in [0, 0.05) is 26.9 Å². The Bertz CT molecular complexity index is 115. The Labute approximate surface area is 80.8 Å². The van der Waals surface area contributed by atoms with E-state index in [0.29, 0.717) is 0 Å². The molecule has 1 saturated carbocycles. The van der Waals surface area contributed by atoms with Crippen LogP contribution in [0.4, 0.5) is 0 Å². The van der Waals surface area contributed by atoms with Crippen molar-refractivity contribution in [3.63, 3.8) is 0 Å². The first kappa shape index (κ1) is 11.0. The zero-order valence-corrected chi connectivity index (χ0v) is 8.55. The van der Waals surface area contributed by atoms with Crippen LogP contribution >= 0.6 is 0 Å². The molecule has 78 valence electrons. The second kappa shape index (κ2) is 7.30. The summed E-state index contributed by atoms with van der Waals surface area (Å²) >= 11 is 0. The standard InChI is InChI=1S/C10H21NO2/c1-12-6-2-7-13-8-5-11-9-10-3-4-10/h10-11H,2-9H2,1H3. The van der Waals surface area contributed by atoms with Crippen LogP contribution in [-0.4, -0.2) is 40.0 Å². The first-order valence-electron chi connectivity index (χ1n) is 5.21. The van der Waals surface area contributed by atoms with Crippen LogP contribution < -0.4 is 5.32 Å². The average molecular weight is 187 g/mol. The van der Waals surface area contributed by atoms with E-state index in [-0.39, 0.29) is 0 Å². The number of hydrogen-bond donors (Lipinski definition) is 1. The smallest absolute Gasteiger partial charge is 0.0590 e. The highest BCUT2D eigenvalue weighted by Gasteiger charge is 2.19. The largest absolute Gasteiger partial charge is 0.385 e. The van der Waals surface area contributed by atoms with E-state index in [1.807, 2.05) is 0 Å². The van der Waals surface area contributed by atoms with Crippen molar-refractivity contribution in [1.29, 1.82) is 0 Å². The molecule has 0 unspecified atom stereocenters. The molecule has 0 amide bonds. The predicted molar refractivity (Wildman–Crippen MR) is 52.9 cm³/mol. The molecule has 0 spiro atoms. The molecule has 1 fully saturated rings. The van der Waals surface area contributed by atoms with Crippen LogP contribution in [0.2, 0.25) is 0 Å². The summed E-state index contributed by atoms with van der Waals surface area (Å²) in [5.41, 5.74) is 0. The Kier molecular flexibility index (Phi) is 6.15. The van der Waals surface area contributed by atoms with E-state index in [1.165, 1.54) is 19.4 Å². The van der Waals surface area contributed by atoms with Gasteiger partial charge in [0.25, 0.3) is 0 Å². The lowest BCUT2D eigenvalue weighted by molar-refractivity contribution is 0.104. The van der Waals surface area contributed by atoms with Gasteiger partial charge in [0.15, 0.2) is 0 Å². The van der Waals surface area contributed by atoms with Crippen LogP contribution in [0, 0.1) is 5.92 Å². The molecule has 13 heavy (non-hydrogen) atoms. The van der Waals surface area contributed by atoms with Crippen LogP contribution in [0.1, 0.15) is 19.3 Å². The van der Waals surface area contributed by atoms with Gasteiger partial charge >= 0.3 is 0 Å². The van der Waals surface area contributed by atoms with Crippen LogP contribution in [0.25, 0.3) is 0 Å².